The first kappa shape index (κ1) is 23.7. The van der Waals surface area contributed by atoms with Gasteiger partial charge in [-0.1, -0.05) is 19.9 Å². The maximum Gasteiger partial charge on any atom is 0.243 e. The van der Waals surface area contributed by atoms with Crippen LogP contribution in [0.25, 0.3) is 0 Å². The van der Waals surface area contributed by atoms with Gasteiger partial charge in [-0.15, -0.1) is 0 Å². The molecule has 2 aromatic heterocycles. The van der Waals surface area contributed by atoms with E-state index in [9.17, 15) is 8.42 Å². The Morgan fingerprint density at radius 1 is 0.941 bits per heavy atom. The molecular weight excluding hydrogens is 452 g/mol. The predicted octanol–water partition coefficient (Wildman–Crippen LogP) is 2.55. The fourth-order valence-electron chi connectivity index (χ4n) is 3.99. The van der Waals surface area contributed by atoms with Crippen molar-refractivity contribution in [3.05, 3.63) is 55.0 Å². The van der Waals surface area contributed by atoms with Crippen molar-refractivity contribution < 1.29 is 8.42 Å². The van der Waals surface area contributed by atoms with Crippen LogP contribution in [0, 0.1) is 0 Å². The largest absolute Gasteiger partial charge is 0.393 e. The van der Waals surface area contributed by atoms with E-state index >= 15 is 0 Å². The van der Waals surface area contributed by atoms with Gasteiger partial charge in [-0.25, -0.2) is 23.4 Å². The van der Waals surface area contributed by atoms with Crippen LogP contribution in [0.3, 0.4) is 0 Å². The number of nitrogens with zero attached hydrogens (tertiary/aromatic N) is 6. The van der Waals surface area contributed by atoms with E-state index in [0.717, 1.165) is 32.0 Å². The highest BCUT2D eigenvalue weighted by Gasteiger charge is 2.23. The third kappa shape index (κ3) is 4.90. The summed E-state index contributed by atoms with van der Waals surface area (Å²) in [6.07, 6.45) is 3.28. The molecule has 3 aromatic rings. The molecule has 0 spiro atoms. The first-order valence-corrected chi connectivity index (χ1v) is 12.8. The number of pyridine rings is 1. The molecule has 0 bridgehead atoms. The number of sulfonamides is 1. The van der Waals surface area contributed by atoms with E-state index in [0.29, 0.717) is 36.1 Å². The van der Waals surface area contributed by atoms with Crippen molar-refractivity contribution in [2.45, 2.75) is 18.7 Å². The Hall–Kier alpha value is -3.44. The van der Waals surface area contributed by atoms with Gasteiger partial charge in [0.2, 0.25) is 10.0 Å². The van der Waals surface area contributed by atoms with Crippen LogP contribution in [0.4, 0.5) is 28.8 Å². The molecule has 4 rings (SSSR count). The maximum atomic E-state index is 12.7. The van der Waals surface area contributed by atoms with Crippen LogP contribution in [0.2, 0.25) is 0 Å². The molecule has 0 amide bonds. The number of rotatable bonds is 8. The number of hydrogen-bond acceptors (Lipinski definition) is 9. The molecule has 3 heterocycles. The van der Waals surface area contributed by atoms with Crippen molar-refractivity contribution in [1.82, 2.24) is 19.3 Å². The molecule has 0 saturated carbocycles. The number of piperazine rings is 1. The van der Waals surface area contributed by atoms with E-state index in [1.807, 2.05) is 32.0 Å². The zero-order valence-electron chi connectivity index (χ0n) is 19.4. The Balaban J connectivity index is 1.46. The highest BCUT2D eigenvalue weighted by atomic mass is 32.2. The van der Waals surface area contributed by atoms with Crippen molar-refractivity contribution in [3.63, 3.8) is 0 Å². The molecule has 1 fully saturated rings. The van der Waals surface area contributed by atoms with Gasteiger partial charge in [-0.2, -0.15) is 4.31 Å². The Labute approximate surface area is 200 Å². The normalized spacial score (nSPS) is 14.4. The van der Waals surface area contributed by atoms with Crippen molar-refractivity contribution in [1.29, 1.82) is 0 Å². The summed E-state index contributed by atoms with van der Waals surface area (Å²) >= 11 is 0. The average molecular weight is 483 g/mol. The summed E-state index contributed by atoms with van der Waals surface area (Å²) in [7, 11) is -3.50. The van der Waals surface area contributed by atoms with Crippen molar-refractivity contribution >= 4 is 38.9 Å². The van der Waals surface area contributed by atoms with E-state index in [-0.39, 0.29) is 4.90 Å². The molecule has 10 nitrogen and oxygen atoms in total. The monoisotopic (exact) mass is 482 g/mol. The van der Waals surface area contributed by atoms with E-state index in [1.54, 1.807) is 30.5 Å². The number of benzene rings is 1. The smallest absolute Gasteiger partial charge is 0.243 e. The Bertz CT molecular complexity index is 1190. The topological polar surface area (TPSA) is 121 Å². The first-order chi connectivity index (χ1) is 16.4. The second kappa shape index (κ2) is 10.2. The second-order valence-electron chi connectivity index (χ2n) is 7.86. The molecule has 1 aliphatic rings. The molecule has 34 heavy (non-hydrogen) atoms. The second-order valence-corrected chi connectivity index (χ2v) is 9.80. The summed E-state index contributed by atoms with van der Waals surface area (Å²) in [5, 5.41) is 3.19. The minimum atomic E-state index is -3.50. The molecular formula is C23H30N8O2S. The predicted molar refractivity (Wildman–Crippen MR) is 135 cm³/mol. The molecule has 0 radical (unpaired) electrons. The minimum absolute atomic E-state index is 0.254. The standard InChI is InChI=1S/C23H30N8O2S/c1-3-31(4-2)34(32,33)19-10-8-18(9-11-19)28-22-21(24)23(27-17-26-22)30-15-13-29(14-16-30)20-7-5-6-12-25-20/h5-12,17H,3-4,13-16,24H2,1-2H3,(H,26,27,28). The van der Waals surface area contributed by atoms with Gasteiger partial charge in [0.1, 0.15) is 17.8 Å². The molecule has 1 saturated heterocycles. The van der Waals surface area contributed by atoms with Crippen LogP contribution >= 0.6 is 0 Å². The molecule has 1 aromatic carbocycles. The number of nitrogens with one attached hydrogen (secondary N) is 1. The number of anilines is 5. The van der Waals surface area contributed by atoms with Gasteiger partial charge in [-0.05, 0) is 36.4 Å². The van der Waals surface area contributed by atoms with Gasteiger partial charge >= 0.3 is 0 Å². The fourth-order valence-corrected chi connectivity index (χ4v) is 5.44. The lowest BCUT2D eigenvalue weighted by molar-refractivity contribution is 0.445. The lowest BCUT2D eigenvalue weighted by Crippen LogP contribution is -2.47. The van der Waals surface area contributed by atoms with Crippen molar-refractivity contribution in [2.75, 3.05) is 60.1 Å². The lowest BCUT2D eigenvalue weighted by atomic mass is 10.2. The summed E-state index contributed by atoms with van der Waals surface area (Å²) in [6, 6.07) is 12.5. The van der Waals surface area contributed by atoms with E-state index in [4.69, 9.17) is 5.73 Å². The Kier molecular flexibility index (Phi) is 7.13. The van der Waals surface area contributed by atoms with Gasteiger partial charge in [0.25, 0.3) is 0 Å². The third-order valence-corrected chi connectivity index (χ3v) is 7.94. The van der Waals surface area contributed by atoms with Crippen LogP contribution in [0.15, 0.2) is 59.9 Å². The van der Waals surface area contributed by atoms with Gasteiger partial charge in [0.05, 0.1) is 4.90 Å². The minimum Gasteiger partial charge on any atom is -0.393 e. The van der Waals surface area contributed by atoms with Gasteiger partial charge in [0, 0.05) is 51.2 Å². The average Bonchev–Trinajstić information content (AvgIpc) is 2.87. The van der Waals surface area contributed by atoms with Gasteiger partial charge in [0.15, 0.2) is 11.6 Å². The number of nitrogens with two attached hydrogens (primary N) is 1. The highest BCUT2D eigenvalue weighted by Crippen LogP contribution is 2.30. The molecule has 11 heteroatoms. The fraction of sp³-hybridized carbons (Fsp3) is 0.348. The Morgan fingerprint density at radius 2 is 1.62 bits per heavy atom. The van der Waals surface area contributed by atoms with E-state index in [2.05, 4.69) is 30.1 Å². The molecule has 180 valence electrons. The van der Waals surface area contributed by atoms with Crippen LogP contribution in [-0.2, 0) is 10.0 Å². The van der Waals surface area contributed by atoms with Gasteiger partial charge < -0.3 is 20.9 Å². The summed E-state index contributed by atoms with van der Waals surface area (Å²) < 4.78 is 26.8. The summed E-state index contributed by atoms with van der Waals surface area (Å²) in [6.45, 7) is 7.64. The van der Waals surface area contributed by atoms with E-state index in [1.165, 1.54) is 10.6 Å². The highest BCUT2D eigenvalue weighted by molar-refractivity contribution is 7.89. The lowest BCUT2D eigenvalue weighted by Gasteiger charge is -2.36. The maximum absolute atomic E-state index is 12.7. The molecule has 1 aliphatic heterocycles. The van der Waals surface area contributed by atoms with E-state index < -0.39 is 10.0 Å². The summed E-state index contributed by atoms with van der Waals surface area (Å²) in [5.74, 6) is 2.13. The SMILES string of the molecule is CCN(CC)S(=O)(=O)c1ccc(Nc2ncnc(N3CCN(c4ccccn4)CC3)c2N)cc1. The third-order valence-electron chi connectivity index (χ3n) is 5.88. The van der Waals surface area contributed by atoms with Crippen LogP contribution in [0.1, 0.15) is 13.8 Å². The van der Waals surface area contributed by atoms with Crippen molar-refractivity contribution in [2.24, 2.45) is 0 Å². The summed E-state index contributed by atoms with van der Waals surface area (Å²) in [4.78, 5) is 17.8. The zero-order valence-corrected chi connectivity index (χ0v) is 20.2. The first-order valence-electron chi connectivity index (χ1n) is 11.3. The Morgan fingerprint density at radius 3 is 2.24 bits per heavy atom. The quantitative estimate of drug-likeness (QED) is 0.499. The number of aromatic nitrogens is 3. The molecule has 0 atom stereocenters. The van der Waals surface area contributed by atoms with Crippen LogP contribution < -0.4 is 20.9 Å². The number of hydrogen-bond donors (Lipinski definition) is 2. The number of nitrogen functional groups attached to an aromatic ring is 1. The molecule has 3 N–H and O–H groups in total. The zero-order chi connectivity index (χ0) is 24.1. The van der Waals surface area contributed by atoms with Crippen LogP contribution in [-0.4, -0.2) is 66.9 Å². The van der Waals surface area contributed by atoms with Crippen LogP contribution in [0.5, 0.6) is 0 Å². The van der Waals surface area contributed by atoms with Gasteiger partial charge in [-0.3, -0.25) is 0 Å². The summed E-state index contributed by atoms with van der Waals surface area (Å²) in [5.41, 5.74) is 7.57. The van der Waals surface area contributed by atoms with Crippen molar-refractivity contribution in [3.8, 4) is 0 Å². The molecule has 0 unspecified atom stereocenters. The molecule has 0 aliphatic carbocycles.